The maximum atomic E-state index is 11.7. The molecule has 0 saturated heterocycles. The van der Waals surface area contributed by atoms with Crippen molar-refractivity contribution in [1.82, 2.24) is 4.98 Å². The molecule has 94 valence electrons. The molecular weight excluding hydrogens is 254 g/mol. The number of fused-ring (bicyclic) bond motifs is 1. The molecule has 2 aromatic rings. The van der Waals surface area contributed by atoms with Crippen LogP contribution in [0.3, 0.4) is 0 Å². The molecule has 0 spiro atoms. The van der Waals surface area contributed by atoms with Crippen molar-refractivity contribution in [3.63, 3.8) is 0 Å². The van der Waals surface area contributed by atoms with Crippen molar-refractivity contribution in [2.24, 2.45) is 0 Å². The summed E-state index contributed by atoms with van der Waals surface area (Å²) in [5.41, 5.74) is 1.23. The van der Waals surface area contributed by atoms with Gasteiger partial charge in [-0.2, -0.15) is 0 Å². The van der Waals surface area contributed by atoms with Gasteiger partial charge in [-0.25, -0.2) is 9.78 Å². The Morgan fingerprint density at radius 3 is 2.89 bits per heavy atom. The van der Waals surface area contributed by atoms with E-state index in [2.05, 4.69) is 4.98 Å². The number of methoxy groups -OCH3 is 1. The minimum atomic E-state index is -0.371. The van der Waals surface area contributed by atoms with Gasteiger partial charge in [-0.05, 0) is 30.3 Å². The number of hydrogen-bond acceptors (Lipinski definition) is 4. The number of aromatic nitrogens is 1. The van der Waals surface area contributed by atoms with Crippen LogP contribution in [0.2, 0.25) is 5.15 Å². The first kappa shape index (κ1) is 12.8. The van der Waals surface area contributed by atoms with Crippen molar-refractivity contribution in [3.05, 3.63) is 41.0 Å². The fraction of sp³-hybridized carbons (Fsp3) is 0.231. The lowest BCUT2D eigenvalue weighted by molar-refractivity contribution is 0.0388. The first-order valence-corrected chi connectivity index (χ1v) is 5.81. The van der Waals surface area contributed by atoms with Crippen LogP contribution < -0.4 is 0 Å². The van der Waals surface area contributed by atoms with Crippen LogP contribution in [0.1, 0.15) is 10.4 Å². The average Bonchev–Trinajstić information content (AvgIpc) is 2.38. The fourth-order valence-corrected chi connectivity index (χ4v) is 1.68. The summed E-state index contributed by atoms with van der Waals surface area (Å²) in [6, 6.07) is 8.64. The van der Waals surface area contributed by atoms with Gasteiger partial charge in [0, 0.05) is 12.5 Å². The molecule has 0 bridgehead atoms. The Labute approximate surface area is 109 Å². The highest BCUT2D eigenvalue weighted by Gasteiger charge is 2.08. The molecule has 2 rings (SSSR count). The zero-order valence-electron chi connectivity index (χ0n) is 9.85. The molecule has 4 nitrogen and oxygen atoms in total. The van der Waals surface area contributed by atoms with E-state index in [0.29, 0.717) is 17.3 Å². The lowest BCUT2D eigenvalue weighted by Gasteiger charge is -2.05. The first-order chi connectivity index (χ1) is 8.70. The Hall–Kier alpha value is -1.65. The van der Waals surface area contributed by atoms with Crippen LogP contribution in [-0.4, -0.2) is 31.3 Å². The van der Waals surface area contributed by atoms with Crippen molar-refractivity contribution < 1.29 is 14.3 Å². The number of rotatable bonds is 4. The third-order valence-electron chi connectivity index (χ3n) is 2.41. The Kier molecular flexibility index (Phi) is 4.12. The van der Waals surface area contributed by atoms with Crippen LogP contribution in [0, 0.1) is 0 Å². The predicted molar refractivity (Wildman–Crippen MR) is 68.9 cm³/mol. The van der Waals surface area contributed by atoms with E-state index in [4.69, 9.17) is 21.1 Å². The van der Waals surface area contributed by atoms with E-state index in [1.54, 1.807) is 31.4 Å². The third kappa shape index (κ3) is 2.97. The Morgan fingerprint density at radius 2 is 2.11 bits per heavy atom. The largest absolute Gasteiger partial charge is 0.460 e. The summed E-state index contributed by atoms with van der Waals surface area (Å²) in [6.07, 6.45) is 0. The lowest BCUT2D eigenvalue weighted by Crippen LogP contribution is -2.09. The molecule has 0 saturated carbocycles. The van der Waals surface area contributed by atoms with Gasteiger partial charge in [0.15, 0.2) is 0 Å². The summed E-state index contributed by atoms with van der Waals surface area (Å²) >= 11 is 5.79. The molecule has 5 heteroatoms. The molecule has 1 heterocycles. The average molecular weight is 266 g/mol. The summed E-state index contributed by atoms with van der Waals surface area (Å²) in [5, 5.41) is 1.28. The minimum absolute atomic E-state index is 0.242. The van der Waals surface area contributed by atoms with E-state index >= 15 is 0 Å². The number of benzene rings is 1. The lowest BCUT2D eigenvalue weighted by atomic mass is 10.1. The molecule has 1 aromatic heterocycles. The van der Waals surface area contributed by atoms with Crippen LogP contribution in [0.5, 0.6) is 0 Å². The molecule has 0 unspecified atom stereocenters. The molecule has 0 aliphatic carbocycles. The van der Waals surface area contributed by atoms with Gasteiger partial charge in [0.2, 0.25) is 0 Å². The molecule has 0 aliphatic heterocycles. The quantitative estimate of drug-likeness (QED) is 0.484. The van der Waals surface area contributed by atoms with E-state index in [-0.39, 0.29) is 12.6 Å². The molecule has 18 heavy (non-hydrogen) atoms. The molecule has 0 amide bonds. The van der Waals surface area contributed by atoms with Gasteiger partial charge >= 0.3 is 5.97 Å². The second-order valence-corrected chi connectivity index (χ2v) is 4.06. The summed E-state index contributed by atoms with van der Waals surface area (Å²) in [7, 11) is 1.55. The van der Waals surface area contributed by atoms with Gasteiger partial charge in [-0.3, -0.25) is 0 Å². The summed E-state index contributed by atoms with van der Waals surface area (Å²) in [6.45, 7) is 0.628. The number of hydrogen-bond donors (Lipinski definition) is 0. The van der Waals surface area contributed by atoms with Gasteiger partial charge in [0.05, 0.1) is 17.7 Å². The number of esters is 1. The maximum absolute atomic E-state index is 11.7. The molecule has 0 atom stereocenters. The van der Waals surface area contributed by atoms with Crippen molar-refractivity contribution in [1.29, 1.82) is 0 Å². The Bertz CT molecular complexity index is 571. The molecule has 0 N–H and O–H groups in total. The monoisotopic (exact) mass is 265 g/mol. The number of nitrogens with zero attached hydrogens (tertiary/aromatic N) is 1. The van der Waals surface area contributed by atoms with Crippen LogP contribution in [0.4, 0.5) is 0 Å². The molecule has 0 radical (unpaired) electrons. The van der Waals surface area contributed by atoms with Crippen LogP contribution in [-0.2, 0) is 9.47 Å². The van der Waals surface area contributed by atoms with E-state index < -0.39 is 0 Å². The highest BCUT2D eigenvalue weighted by atomic mass is 35.5. The predicted octanol–water partition coefficient (Wildman–Crippen LogP) is 2.69. The van der Waals surface area contributed by atoms with Crippen molar-refractivity contribution >= 4 is 28.5 Å². The Morgan fingerprint density at radius 1 is 1.28 bits per heavy atom. The van der Waals surface area contributed by atoms with Crippen molar-refractivity contribution in [3.8, 4) is 0 Å². The second kappa shape index (κ2) is 5.80. The van der Waals surface area contributed by atoms with Crippen molar-refractivity contribution in [2.75, 3.05) is 20.3 Å². The molecule has 1 aromatic carbocycles. The van der Waals surface area contributed by atoms with Gasteiger partial charge in [0.1, 0.15) is 11.8 Å². The van der Waals surface area contributed by atoms with Crippen LogP contribution in [0.25, 0.3) is 10.9 Å². The van der Waals surface area contributed by atoms with Crippen molar-refractivity contribution in [2.45, 2.75) is 0 Å². The Balaban J connectivity index is 2.19. The SMILES string of the molecule is COCCOC(=O)c1ccc2nc(Cl)ccc2c1. The normalized spacial score (nSPS) is 10.6. The van der Waals surface area contributed by atoms with Gasteiger partial charge in [-0.15, -0.1) is 0 Å². The van der Waals surface area contributed by atoms with Crippen LogP contribution >= 0.6 is 11.6 Å². The number of ether oxygens (including phenoxy) is 2. The smallest absolute Gasteiger partial charge is 0.338 e. The van der Waals surface area contributed by atoms with Gasteiger partial charge < -0.3 is 9.47 Å². The standard InChI is InChI=1S/C13H12ClNO3/c1-17-6-7-18-13(16)10-2-4-11-9(8-10)3-5-12(14)15-11/h2-5,8H,6-7H2,1H3. The third-order valence-corrected chi connectivity index (χ3v) is 2.62. The summed E-state index contributed by atoms with van der Waals surface area (Å²) < 4.78 is 9.84. The number of carbonyl (C=O) groups excluding carboxylic acids is 1. The minimum Gasteiger partial charge on any atom is -0.460 e. The molecule has 0 aliphatic rings. The zero-order valence-corrected chi connectivity index (χ0v) is 10.6. The zero-order chi connectivity index (χ0) is 13.0. The molecule has 0 fully saturated rings. The van der Waals surface area contributed by atoms with E-state index in [0.717, 1.165) is 10.9 Å². The van der Waals surface area contributed by atoms with Crippen LogP contribution in [0.15, 0.2) is 30.3 Å². The number of carbonyl (C=O) groups is 1. The van der Waals surface area contributed by atoms with E-state index in [1.807, 2.05) is 6.07 Å². The highest BCUT2D eigenvalue weighted by molar-refractivity contribution is 6.29. The number of halogens is 1. The highest BCUT2D eigenvalue weighted by Crippen LogP contribution is 2.17. The van der Waals surface area contributed by atoms with Gasteiger partial charge in [-0.1, -0.05) is 11.6 Å². The first-order valence-electron chi connectivity index (χ1n) is 5.43. The topological polar surface area (TPSA) is 48.4 Å². The fourth-order valence-electron chi connectivity index (χ4n) is 1.53. The van der Waals surface area contributed by atoms with Gasteiger partial charge in [0.25, 0.3) is 0 Å². The number of pyridine rings is 1. The summed E-state index contributed by atoms with van der Waals surface area (Å²) in [4.78, 5) is 15.9. The van der Waals surface area contributed by atoms with E-state index in [1.165, 1.54) is 0 Å². The molecular formula is C13H12ClNO3. The summed E-state index contributed by atoms with van der Waals surface area (Å²) in [5.74, 6) is -0.371. The maximum Gasteiger partial charge on any atom is 0.338 e. The van der Waals surface area contributed by atoms with E-state index in [9.17, 15) is 4.79 Å². The second-order valence-electron chi connectivity index (χ2n) is 3.67.